The number of fused-ring (bicyclic) bond motifs is 3. The molecule has 3 heterocycles. The molecule has 0 saturated carbocycles. The Morgan fingerprint density at radius 3 is 1.37 bits per heavy atom. The first-order chi connectivity index (χ1) is 17.3. The summed E-state index contributed by atoms with van der Waals surface area (Å²) in [7, 11) is 0. The zero-order valence-corrected chi connectivity index (χ0v) is 19.9. The molecule has 0 saturated heterocycles. The summed E-state index contributed by atoms with van der Waals surface area (Å²) in [5.74, 6) is 2.04. The predicted molar refractivity (Wildman–Crippen MR) is 138 cm³/mol. The maximum atomic E-state index is 6.50. The molecule has 0 atom stereocenters. The minimum atomic E-state index is -2.48. The van der Waals surface area contributed by atoms with E-state index in [9.17, 15) is 0 Å². The summed E-state index contributed by atoms with van der Waals surface area (Å²) in [6.45, 7) is 0. The van der Waals surface area contributed by atoms with Crippen molar-refractivity contribution in [3.8, 4) is 17.2 Å². The quantitative estimate of drug-likeness (QED) is 0.269. The molecule has 3 aromatic heterocycles. The van der Waals surface area contributed by atoms with E-state index in [0.717, 1.165) is 32.7 Å². The molecule has 168 valence electrons. The van der Waals surface area contributed by atoms with Crippen LogP contribution in [-0.2, 0) is 0 Å². The van der Waals surface area contributed by atoms with Gasteiger partial charge in [-0.15, -0.1) is 0 Å². The number of nitrogens with zero attached hydrogens (tertiary/aromatic N) is 3. The van der Waals surface area contributed by atoms with Crippen LogP contribution in [0.2, 0.25) is 0 Å². The van der Waals surface area contributed by atoms with Crippen LogP contribution in [0.5, 0.6) is 17.2 Å². The third kappa shape index (κ3) is 4.48. The van der Waals surface area contributed by atoms with Gasteiger partial charge in [0.25, 0.3) is 0 Å². The molecule has 6 nitrogen and oxygen atoms in total. The molecule has 0 amide bonds. The lowest BCUT2D eigenvalue weighted by atomic mass is 10.2. The lowest BCUT2D eigenvalue weighted by Gasteiger charge is -2.19. The number of benzene rings is 3. The SMILES string of the molecule is c1cnc2c(O[CH2][Al]([O]c3cccc4cccnc34)[O]c3cccc4cccnc34)cccc2c1. The van der Waals surface area contributed by atoms with E-state index in [1.807, 2.05) is 91.0 Å². The Balaban J connectivity index is 1.35. The molecule has 0 bridgehead atoms. The van der Waals surface area contributed by atoms with Crippen molar-refractivity contribution in [2.45, 2.75) is 0 Å². The van der Waals surface area contributed by atoms with E-state index in [1.54, 1.807) is 18.6 Å². The van der Waals surface area contributed by atoms with Crippen molar-refractivity contribution in [1.29, 1.82) is 0 Å². The highest BCUT2D eigenvalue weighted by Crippen LogP contribution is 2.28. The highest BCUT2D eigenvalue weighted by atomic mass is 27.2. The van der Waals surface area contributed by atoms with Gasteiger partial charge in [-0.2, -0.15) is 0 Å². The fraction of sp³-hybridized carbons (Fsp3) is 0.0357. The molecule has 0 spiro atoms. The Morgan fingerprint density at radius 2 is 0.886 bits per heavy atom. The summed E-state index contributed by atoms with van der Waals surface area (Å²) in [4.78, 5) is 13.6. The number of rotatable bonds is 7. The van der Waals surface area contributed by atoms with E-state index in [1.165, 1.54) is 0 Å². The highest BCUT2D eigenvalue weighted by molar-refractivity contribution is 6.46. The third-order valence-electron chi connectivity index (χ3n) is 5.68. The number of para-hydroxylation sites is 3. The van der Waals surface area contributed by atoms with Crippen molar-refractivity contribution in [2.24, 2.45) is 0 Å². The lowest BCUT2D eigenvalue weighted by Crippen LogP contribution is -2.37. The second kappa shape index (κ2) is 9.59. The average molecular weight is 473 g/mol. The Bertz CT molecular complexity index is 1550. The van der Waals surface area contributed by atoms with Crippen LogP contribution >= 0.6 is 0 Å². The maximum Gasteiger partial charge on any atom is 0.899 e. The van der Waals surface area contributed by atoms with E-state index >= 15 is 0 Å². The van der Waals surface area contributed by atoms with E-state index in [-0.39, 0.29) is 5.47 Å². The van der Waals surface area contributed by atoms with Crippen LogP contribution in [0.3, 0.4) is 0 Å². The van der Waals surface area contributed by atoms with Gasteiger partial charge in [-0.1, -0.05) is 54.6 Å². The summed E-state index contributed by atoms with van der Waals surface area (Å²) in [6, 6.07) is 29.4. The molecule has 6 aromatic rings. The Morgan fingerprint density at radius 1 is 0.486 bits per heavy atom. The van der Waals surface area contributed by atoms with Gasteiger partial charge in [0.05, 0.1) is 0 Å². The molecule has 0 N–H and O–H groups in total. The summed E-state index contributed by atoms with van der Waals surface area (Å²) in [5, 5.41) is 3.02. The van der Waals surface area contributed by atoms with Crippen molar-refractivity contribution in [2.75, 3.05) is 5.47 Å². The Hall–Kier alpha value is -4.18. The largest absolute Gasteiger partial charge is 0.899 e. The number of hydrogen-bond acceptors (Lipinski definition) is 6. The lowest BCUT2D eigenvalue weighted by molar-refractivity contribution is 0.320. The molecule has 0 aliphatic heterocycles. The first-order valence-corrected chi connectivity index (χ1v) is 13.1. The third-order valence-corrected chi connectivity index (χ3v) is 7.15. The number of pyridine rings is 3. The molecule has 0 aliphatic rings. The van der Waals surface area contributed by atoms with Gasteiger partial charge in [0.2, 0.25) is 0 Å². The molecule has 3 aromatic carbocycles. The summed E-state index contributed by atoms with van der Waals surface area (Å²) in [6.07, 6.45) is 5.29. The molecule has 6 rings (SSSR count). The number of hydrogen-bond donors (Lipinski definition) is 0. The smallest absolute Gasteiger partial charge is 0.609 e. The fourth-order valence-electron chi connectivity index (χ4n) is 4.07. The van der Waals surface area contributed by atoms with Crippen LogP contribution in [0.15, 0.2) is 110 Å². The fourth-order valence-corrected chi connectivity index (χ4v) is 5.52. The zero-order chi connectivity index (χ0) is 23.5. The predicted octanol–water partition coefficient (Wildman–Crippen LogP) is 5.90. The molecule has 35 heavy (non-hydrogen) atoms. The van der Waals surface area contributed by atoms with Crippen LogP contribution in [-0.4, -0.2) is 35.2 Å². The number of ether oxygens (including phenoxy) is 1. The first kappa shape index (κ1) is 21.4. The van der Waals surface area contributed by atoms with E-state index in [4.69, 9.17) is 12.3 Å². The molecule has 0 radical (unpaired) electrons. The van der Waals surface area contributed by atoms with Crippen LogP contribution in [0, 0.1) is 0 Å². The Kier molecular flexibility index (Phi) is 5.85. The van der Waals surface area contributed by atoms with Crippen LogP contribution in [0.25, 0.3) is 32.7 Å². The van der Waals surface area contributed by atoms with Gasteiger partial charge in [0.15, 0.2) is 0 Å². The standard InChI is InChI=1S/C10H8NO.2C9H7NO.Al/c1-12-9-6-2-4-8-5-3-7-11-10(8)9;2*11-8-5-1-3-7-4-2-6-10-9(7)8;/h2-7H,1H2;2*1-6,11H;/q;;;+2/p-2. The van der Waals surface area contributed by atoms with E-state index in [0.29, 0.717) is 17.2 Å². The summed E-state index contributed by atoms with van der Waals surface area (Å²) >= 11 is -2.48. The molecule has 7 heteroatoms. The minimum Gasteiger partial charge on any atom is -0.609 e. The second-order valence-corrected chi connectivity index (χ2v) is 9.63. The maximum absolute atomic E-state index is 6.50. The Labute approximate surface area is 206 Å². The van der Waals surface area contributed by atoms with Gasteiger partial charge >= 0.3 is 14.8 Å². The van der Waals surface area contributed by atoms with Crippen LogP contribution in [0.1, 0.15) is 0 Å². The van der Waals surface area contributed by atoms with Gasteiger partial charge in [-0.25, -0.2) is 0 Å². The minimum absolute atomic E-state index is 0.266. The normalized spacial score (nSPS) is 11.0. The molecule has 0 fully saturated rings. The van der Waals surface area contributed by atoms with Gasteiger partial charge in [-0.05, 0) is 36.4 Å². The molecule has 0 aliphatic carbocycles. The van der Waals surface area contributed by atoms with Crippen molar-refractivity contribution in [3.05, 3.63) is 110 Å². The summed E-state index contributed by atoms with van der Waals surface area (Å²) < 4.78 is 19.2. The molecular weight excluding hydrogens is 453 g/mol. The van der Waals surface area contributed by atoms with Crippen molar-refractivity contribution >= 4 is 47.5 Å². The topological polar surface area (TPSA) is 66.4 Å². The van der Waals surface area contributed by atoms with E-state index < -0.39 is 14.8 Å². The molecule has 0 unspecified atom stereocenters. The van der Waals surface area contributed by atoms with Crippen LogP contribution < -0.4 is 12.3 Å². The van der Waals surface area contributed by atoms with Crippen molar-refractivity contribution in [1.82, 2.24) is 15.0 Å². The average Bonchev–Trinajstić information content (AvgIpc) is 2.92. The van der Waals surface area contributed by atoms with E-state index in [2.05, 4.69) is 15.0 Å². The summed E-state index contributed by atoms with van der Waals surface area (Å²) in [5.41, 5.74) is 2.65. The molecular formula is C28H20AlN3O3. The van der Waals surface area contributed by atoms with Gasteiger partial charge < -0.3 is 12.3 Å². The monoisotopic (exact) mass is 473 g/mol. The number of aromatic nitrogens is 3. The van der Waals surface area contributed by atoms with Crippen molar-refractivity contribution < 1.29 is 12.3 Å². The zero-order valence-electron chi connectivity index (χ0n) is 18.7. The van der Waals surface area contributed by atoms with Gasteiger partial charge in [0, 0.05) is 34.7 Å². The van der Waals surface area contributed by atoms with Crippen LogP contribution in [0.4, 0.5) is 0 Å². The highest BCUT2D eigenvalue weighted by Gasteiger charge is 2.36. The second-order valence-electron chi connectivity index (χ2n) is 7.97. The van der Waals surface area contributed by atoms with Gasteiger partial charge in [0.1, 0.15) is 39.3 Å². The van der Waals surface area contributed by atoms with Gasteiger partial charge in [-0.3, -0.25) is 15.0 Å². The van der Waals surface area contributed by atoms with Crippen molar-refractivity contribution in [3.63, 3.8) is 0 Å². The first-order valence-electron chi connectivity index (χ1n) is 11.3.